The van der Waals surface area contributed by atoms with Gasteiger partial charge in [-0.25, -0.2) is 9.78 Å². The third kappa shape index (κ3) is 4.74. The fourth-order valence-electron chi connectivity index (χ4n) is 2.91. The first-order valence-electron chi connectivity index (χ1n) is 8.79. The maximum absolute atomic E-state index is 12.2. The molecule has 1 unspecified atom stereocenters. The molecule has 0 bridgehead atoms. The maximum Gasteiger partial charge on any atom is 0.514 e. The number of carbonyl (C=O) groups is 1. The third-order valence-corrected chi connectivity index (χ3v) is 5.25. The van der Waals surface area contributed by atoms with E-state index in [9.17, 15) is 4.79 Å². The lowest BCUT2D eigenvalue weighted by atomic mass is 9.81. The third-order valence-electron chi connectivity index (χ3n) is 4.22. The van der Waals surface area contributed by atoms with Gasteiger partial charge in [0.15, 0.2) is 0 Å². The highest BCUT2D eigenvalue weighted by atomic mass is 32.1. The van der Waals surface area contributed by atoms with E-state index < -0.39 is 5.60 Å². The molecule has 2 aliphatic heterocycles. The number of carbonyl (C=O) groups excluding carboxylic acids is 1. The van der Waals surface area contributed by atoms with Crippen LogP contribution in [0.25, 0.3) is 0 Å². The second-order valence-electron chi connectivity index (χ2n) is 8.64. The molecule has 2 saturated heterocycles. The normalized spacial score (nSPS) is 23.8. The summed E-state index contributed by atoms with van der Waals surface area (Å²) in [5.74, 6) is 0.256. The zero-order valence-electron chi connectivity index (χ0n) is 15.7. The summed E-state index contributed by atoms with van der Waals surface area (Å²) in [6.07, 6.45) is 0.666. The molecule has 6 nitrogen and oxygen atoms in total. The van der Waals surface area contributed by atoms with Gasteiger partial charge in [-0.2, -0.15) is 0 Å². The molecular weight excluding hydrogens is 339 g/mol. The quantitative estimate of drug-likeness (QED) is 0.753. The number of nitrogens with zero attached hydrogens (tertiary/aromatic N) is 2. The molecule has 0 spiro atoms. The minimum atomic E-state index is -0.465. The lowest BCUT2D eigenvalue weighted by molar-refractivity contribution is 0.0292. The smallest absolute Gasteiger partial charge is 0.444 e. The predicted octanol–water partition coefficient (Wildman–Crippen LogP) is 2.64. The summed E-state index contributed by atoms with van der Waals surface area (Å²) in [4.78, 5) is 18.7. The Morgan fingerprint density at radius 1 is 1.40 bits per heavy atom. The highest BCUT2D eigenvalue weighted by molar-refractivity contribution is 7.10. The molecule has 3 heterocycles. The summed E-state index contributed by atoms with van der Waals surface area (Å²) in [7, 11) is -0.374. The average molecular weight is 366 g/mol. The molecule has 1 aromatic rings. The Bertz CT molecular complexity index is 618. The number of amides is 1. The first-order valence-corrected chi connectivity index (χ1v) is 9.67. The molecule has 0 aliphatic carbocycles. The van der Waals surface area contributed by atoms with Crippen molar-refractivity contribution in [1.82, 2.24) is 9.88 Å². The number of hydrogen-bond donors (Lipinski definition) is 0. The van der Waals surface area contributed by atoms with E-state index in [4.69, 9.17) is 19.0 Å². The van der Waals surface area contributed by atoms with Crippen LogP contribution in [0, 0.1) is 5.41 Å². The molecule has 2 aliphatic rings. The van der Waals surface area contributed by atoms with E-state index in [1.807, 2.05) is 26.2 Å². The summed E-state index contributed by atoms with van der Waals surface area (Å²) in [6.45, 7) is 12.6. The van der Waals surface area contributed by atoms with E-state index in [1.165, 1.54) is 0 Å². The molecule has 0 radical (unpaired) electrons. The predicted molar refractivity (Wildman–Crippen MR) is 98.4 cm³/mol. The second-order valence-corrected chi connectivity index (χ2v) is 9.53. The van der Waals surface area contributed by atoms with Crippen LogP contribution < -0.4 is 5.59 Å². The lowest BCUT2D eigenvalue weighted by Crippen LogP contribution is -2.47. The van der Waals surface area contributed by atoms with Crippen molar-refractivity contribution in [2.75, 3.05) is 26.3 Å². The molecule has 8 heteroatoms. The Labute approximate surface area is 154 Å². The van der Waals surface area contributed by atoms with Gasteiger partial charge in [-0.1, -0.05) is 13.8 Å². The second kappa shape index (κ2) is 6.89. The van der Waals surface area contributed by atoms with Crippen molar-refractivity contribution in [3.05, 3.63) is 10.4 Å². The Morgan fingerprint density at radius 3 is 2.72 bits per heavy atom. The lowest BCUT2D eigenvalue weighted by Gasteiger charge is -2.32. The van der Waals surface area contributed by atoms with E-state index >= 15 is 0 Å². The SMILES string of the molecule is CC1(C)COB(c2csc(C3CCN(C(=O)OC(C)(C)C)C3)n2)OC1. The number of aromatic nitrogens is 1. The van der Waals surface area contributed by atoms with Crippen molar-refractivity contribution >= 4 is 30.1 Å². The van der Waals surface area contributed by atoms with E-state index in [-0.39, 0.29) is 24.5 Å². The molecule has 0 N–H and O–H groups in total. The Balaban J connectivity index is 1.57. The molecule has 1 amide bonds. The number of ether oxygens (including phenoxy) is 1. The minimum absolute atomic E-state index is 0.0503. The first kappa shape index (κ1) is 18.7. The van der Waals surface area contributed by atoms with Crippen LogP contribution in [-0.2, 0) is 14.0 Å². The molecule has 138 valence electrons. The van der Waals surface area contributed by atoms with Gasteiger partial charge < -0.3 is 18.9 Å². The number of likely N-dealkylation sites (tertiary alicyclic amines) is 1. The van der Waals surface area contributed by atoms with E-state index in [2.05, 4.69) is 13.8 Å². The van der Waals surface area contributed by atoms with Crippen molar-refractivity contribution < 1.29 is 18.8 Å². The topological polar surface area (TPSA) is 60.9 Å². The maximum atomic E-state index is 12.2. The van der Waals surface area contributed by atoms with Crippen molar-refractivity contribution in [3.63, 3.8) is 0 Å². The Morgan fingerprint density at radius 2 is 2.08 bits per heavy atom. The Kier molecular flexibility index (Phi) is 5.15. The van der Waals surface area contributed by atoms with Crippen LogP contribution in [0.5, 0.6) is 0 Å². The van der Waals surface area contributed by atoms with Gasteiger partial charge in [0.25, 0.3) is 0 Å². The van der Waals surface area contributed by atoms with E-state index in [0.29, 0.717) is 26.3 Å². The summed E-state index contributed by atoms with van der Waals surface area (Å²) in [5.41, 5.74) is 0.424. The zero-order chi connectivity index (χ0) is 18.2. The first-order chi connectivity index (χ1) is 11.6. The fraction of sp³-hybridized carbons (Fsp3) is 0.765. The van der Waals surface area contributed by atoms with Crippen LogP contribution in [0.1, 0.15) is 52.0 Å². The van der Waals surface area contributed by atoms with Crippen molar-refractivity contribution in [1.29, 1.82) is 0 Å². The standard InChI is InChI=1S/C17H27BN2O4S/c1-16(2,3)24-15(21)20-7-6-12(8-20)14-19-13(9-25-14)18-22-10-17(4,5)11-23-18/h9,12H,6-8,10-11H2,1-5H3. The highest BCUT2D eigenvalue weighted by Gasteiger charge is 2.37. The summed E-state index contributed by atoms with van der Waals surface area (Å²) < 4.78 is 17.1. The monoisotopic (exact) mass is 366 g/mol. The van der Waals surface area contributed by atoms with Crippen molar-refractivity contribution in [3.8, 4) is 0 Å². The van der Waals surface area contributed by atoms with Crippen LogP contribution in [0.15, 0.2) is 5.38 Å². The molecule has 1 atom stereocenters. The summed E-state index contributed by atoms with van der Waals surface area (Å²) in [6, 6.07) is 0. The number of rotatable bonds is 2. The van der Waals surface area contributed by atoms with Gasteiger partial charge in [0.05, 0.1) is 10.6 Å². The van der Waals surface area contributed by atoms with Gasteiger partial charge in [-0.3, -0.25) is 0 Å². The Hall–Kier alpha value is -1.12. The molecule has 25 heavy (non-hydrogen) atoms. The van der Waals surface area contributed by atoms with Crippen LogP contribution >= 0.6 is 11.3 Å². The largest absolute Gasteiger partial charge is 0.514 e. The van der Waals surface area contributed by atoms with E-state index in [1.54, 1.807) is 16.2 Å². The average Bonchev–Trinajstić information content (AvgIpc) is 3.14. The van der Waals surface area contributed by atoms with Crippen molar-refractivity contribution in [2.45, 2.75) is 52.6 Å². The van der Waals surface area contributed by atoms with Crippen LogP contribution in [-0.4, -0.2) is 55.0 Å². The molecule has 3 rings (SSSR count). The van der Waals surface area contributed by atoms with Crippen LogP contribution in [0.3, 0.4) is 0 Å². The van der Waals surface area contributed by atoms with Gasteiger partial charge in [0, 0.05) is 43.0 Å². The van der Waals surface area contributed by atoms with Gasteiger partial charge in [0.1, 0.15) is 5.60 Å². The number of hydrogen-bond acceptors (Lipinski definition) is 6. The molecular formula is C17H27BN2O4S. The zero-order valence-corrected chi connectivity index (χ0v) is 16.5. The van der Waals surface area contributed by atoms with Gasteiger partial charge in [-0.05, 0) is 27.2 Å². The summed E-state index contributed by atoms with van der Waals surface area (Å²) >= 11 is 1.62. The molecule has 2 fully saturated rings. The molecule has 0 saturated carbocycles. The van der Waals surface area contributed by atoms with Crippen LogP contribution in [0.4, 0.5) is 4.79 Å². The number of thiazole rings is 1. The van der Waals surface area contributed by atoms with Gasteiger partial charge >= 0.3 is 13.2 Å². The minimum Gasteiger partial charge on any atom is -0.444 e. The highest BCUT2D eigenvalue weighted by Crippen LogP contribution is 2.29. The van der Waals surface area contributed by atoms with Gasteiger partial charge in [-0.15, -0.1) is 11.3 Å². The van der Waals surface area contributed by atoms with E-state index in [0.717, 1.165) is 17.0 Å². The van der Waals surface area contributed by atoms with Crippen LogP contribution in [0.2, 0.25) is 0 Å². The summed E-state index contributed by atoms with van der Waals surface area (Å²) in [5, 5.41) is 3.05. The van der Waals surface area contributed by atoms with Gasteiger partial charge in [0.2, 0.25) is 0 Å². The van der Waals surface area contributed by atoms with Crippen molar-refractivity contribution in [2.24, 2.45) is 5.41 Å². The fourth-order valence-corrected chi connectivity index (χ4v) is 3.86. The molecule has 1 aromatic heterocycles. The molecule has 0 aromatic carbocycles.